The molecule has 34 heteroatoms. The van der Waals surface area contributed by atoms with Crippen LogP contribution in [0.1, 0.15) is 128 Å². The van der Waals surface area contributed by atoms with Crippen molar-refractivity contribution < 1.29 is 63.4 Å². The minimum Gasteiger partial charge on any atom is -0.379 e. The van der Waals surface area contributed by atoms with Crippen molar-refractivity contribution in [1.29, 1.82) is 0 Å². The SMILES string of the molecule is CC(C)C(=O)CC(CCCCCC(=O)C(CCCCNC(=O)C(CCCCCc1cc([N+](=O)[O-])ccc1[N+](=O)[O-])Nc1cc([N+](=O)[O-])ccc1[N+](=O)[O-])NC(=O)C(CCCCNc1cc([N+](=O)[O-])ccc1[N+](=O)[O-])Cc1cc([N+](=O)[O-])ccc1[N+](=O)[O-])C(N)=O. The number of nitro groups is 8. The summed E-state index contributed by atoms with van der Waals surface area (Å²) in [5.74, 6) is -5.09. The number of Topliss-reactive ketones (excluding diaryl/α,β-unsaturated/α-hetero) is 2. The molecule has 34 nitrogen and oxygen atoms in total. The topological polar surface area (TPSA) is 505 Å². The smallest absolute Gasteiger partial charge is 0.292 e. The van der Waals surface area contributed by atoms with E-state index in [4.69, 9.17) is 5.73 Å². The summed E-state index contributed by atoms with van der Waals surface area (Å²) in [4.78, 5) is 155. The summed E-state index contributed by atoms with van der Waals surface area (Å²) in [6.07, 6.45) is 1.74. The van der Waals surface area contributed by atoms with E-state index < -0.39 is 127 Å². The molecule has 0 saturated heterocycles. The van der Waals surface area contributed by atoms with Crippen LogP contribution >= 0.6 is 0 Å². The minimum atomic E-state index is -1.28. The lowest BCUT2D eigenvalue weighted by molar-refractivity contribution is -0.389. The first kappa shape index (κ1) is 71.9. The van der Waals surface area contributed by atoms with Crippen LogP contribution in [-0.4, -0.2) is 93.8 Å². The highest BCUT2D eigenvalue weighted by Gasteiger charge is 2.31. The summed E-state index contributed by atoms with van der Waals surface area (Å²) in [7, 11) is 0. The van der Waals surface area contributed by atoms with E-state index in [0.29, 0.717) is 12.8 Å². The van der Waals surface area contributed by atoms with Crippen LogP contribution in [0.3, 0.4) is 0 Å². The molecule has 6 N–H and O–H groups in total. The summed E-state index contributed by atoms with van der Waals surface area (Å²) in [6.45, 7) is 3.25. The molecular weight excluding hydrogens is 1190 g/mol. The van der Waals surface area contributed by atoms with Crippen LogP contribution < -0.4 is 27.0 Å². The Bertz CT molecular complexity index is 3340. The van der Waals surface area contributed by atoms with Crippen LogP contribution in [0, 0.1) is 98.7 Å². The van der Waals surface area contributed by atoms with E-state index in [9.17, 15) is 105 Å². The average molecular weight is 1260 g/mol. The van der Waals surface area contributed by atoms with E-state index in [1.165, 1.54) is 0 Å². The van der Waals surface area contributed by atoms with Crippen LogP contribution in [0.5, 0.6) is 0 Å². The second-order valence-electron chi connectivity index (χ2n) is 21.5. The van der Waals surface area contributed by atoms with Crippen molar-refractivity contribution in [2.24, 2.45) is 23.5 Å². The van der Waals surface area contributed by atoms with E-state index in [0.717, 1.165) is 72.8 Å². The van der Waals surface area contributed by atoms with Crippen LogP contribution in [0.2, 0.25) is 0 Å². The van der Waals surface area contributed by atoms with Gasteiger partial charge in [0.15, 0.2) is 5.78 Å². The fraction of sp³-hybridized carbons (Fsp3) is 0.482. The molecule has 0 aliphatic rings. The van der Waals surface area contributed by atoms with Gasteiger partial charge in [-0.25, -0.2) is 0 Å². The number of hydrogen-bond acceptors (Lipinski definition) is 23. The molecule has 0 fully saturated rings. The monoisotopic (exact) mass is 1260 g/mol. The number of rotatable bonds is 43. The highest BCUT2D eigenvalue weighted by Crippen LogP contribution is 2.33. The molecule has 0 aliphatic heterocycles. The number of nitrogens with two attached hydrogens (primary N) is 1. The molecule has 0 spiro atoms. The van der Waals surface area contributed by atoms with Crippen molar-refractivity contribution in [1.82, 2.24) is 10.6 Å². The maximum atomic E-state index is 14.5. The third-order valence-electron chi connectivity index (χ3n) is 14.8. The predicted molar refractivity (Wildman–Crippen MR) is 322 cm³/mol. The number of benzene rings is 4. The van der Waals surface area contributed by atoms with Gasteiger partial charge in [0.2, 0.25) is 17.7 Å². The number of nitrogens with one attached hydrogen (secondary N) is 4. The van der Waals surface area contributed by atoms with Crippen molar-refractivity contribution in [3.05, 3.63) is 165 Å². The Morgan fingerprint density at radius 3 is 1.43 bits per heavy atom. The Balaban J connectivity index is 1.57. The summed E-state index contributed by atoms with van der Waals surface area (Å²) in [5.41, 5.74) is 1.12. The van der Waals surface area contributed by atoms with Gasteiger partial charge in [-0.3, -0.25) is 105 Å². The number of anilines is 2. The second kappa shape index (κ2) is 35.3. The summed E-state index contributed by atoms with van der Waals surface area (Å²) < 4.78 is 0. The molecule has 4 aromatic carbocycles. The molecule has 0 aromatic heterocycles. The van der Waals surface area contributed by atoms with E-state index in [1.54, 1.807) is 13.8 Å². The van der Waals surface area contributed by atoms with Crippen molar-refractivity contribution in [2.45, 2.75) is 142 Å². The lowest BCUT2D eigenvalue weighted by Gasteiger charge is -2.23. The minimum absolute atomic E-state index is 0.0239. The molecule has 4 rings (SSSR count). The lowest BCUT2D eigenvalue weighted by atomic mass is 9.90. The summed E-state index contributed by atoms with van der Waals surface area (Å²) in [5, 5.41) is 105. The average Bonchev–Trinajstić information content (AvgIpc) is 1.56. The molecule has 0 bridgehead atoms. The lowest BCUT2D eigenvalue weighted by Crippen LogP contribution is -2.44. The normalized spacial score (nSPS) is 12.3. The quantitative estimate of drug-likeness (QED) is 0.0156. The number of nitro benzene ring substituents is 8. The van der Waals surface area contributed by atoms with Gasteiger partial charge >= 0.3 is 0 Å². The molecule has 0 aliphatic carbocycles. The standard InChI is InChI=1S/C56H69N13O21/c1-35(2)53(71)32-37(54(57)72)14-6-4-8-18-52(70)44(61-55(73)38(29-39-31-41(63(77)78)20-24-49(39)67(85)86)15-9-11-27-58-46-33-42(64(79)80)21-25-50(46)68(87)88)16-10-12-28-59-56(74)45(60-47-34-43(65(81)82)22-26-51(47)69(89)90)17-7-3-5-13-36-30-40(62(75)76)19-23-48(36)66(83)84/h19-26,30-31,33-35,37-38,44-45,58,60H,3-18,27-29,32H2,1-2H3,(H2,57,72)(H,59,74)(H,61,73). The van der Waals surface area contributed by atoms with Crippen molar-refractivity contribution in [3.8, 4) is 0 Å². The van der Waals surface area contributed by atoms with E-state index >= 15 is 0 Å². The maximum Gasteiger partial charge on any atom is 0.292 e. The Labute approximate surface area is 512 Å². The number of primary amides is 1. The maximum absolute atomic E-state index is 14.5. The van der Waals surface area contributed by atoms with Gasteiger partial charge in [0.1, 0.15) is 23.2 Å². The van der Waals surface area contributed by atoms with Crippen LogP contribution in [-0.2, 0) is 36.8 Å². The van der Waals surface area contributed by atoms with Gasteiger partial charge in [-0.15, -0.1) is 0 Å². The molecule has 4 aromatic rings. The predicted octanol–water partition coefficient (Wildman–Crippen LogP) is 9.68. The Hall–Kier alpha value is -10.6. The zero-order valence-corrected chi connectivity index (χ0v) is 49.2. The number of aryl methyl sites for hydroxylation is 1. The van der Waals surface area contributed by atoms with Crippen LogP contribution in [0.4, 0.5) is 56.9 Å². The summed E-state index contributed by atoms with van der Waals surface area (Å²) in [6, 6.07) is 8.89. The zero-order valence-electron chi connectivity index (χ0n) is 49.2. The van der Waals surface area contributed by atoms with Crippen molar-refractivity contribution in [3.63, 3.8) is 0 Å². The van der Waals surface area contributed by atoms with E-state index in [2.05, 4.69) is 21.3 Å². The Morgan fingerprint density at radius 2 is 0.889 bits per heavy atom. The number of amides is 3. The van der Waals surface area contributed by atoms with Gasteiger partial charge in [-0.2, -0.15) is 0 Å². The largest absolute Gasteiger partial charge is 0.379 e. The molecule has 484 valence electrons. The number of carbonyl (C=O) groups is 5. The zero-order chi connectivity index (χ0) is 66.8. The molecular formula is C56H69N13O21. The number of non-ortho nitro benzene ring substituents is 4. The van der Waals surface area contributed by atoms with E-state index in [1.807, 2.05) is 0 Å². The molecule has 90 heavy (non-hydrogen) atoms. The first-order valence-electron chi connectivity index (χ1n) is 28.7. The molecule has 0 heterocycles. The van der Waals surface area contributed by atoms with Crippen LogP contribution in [0.15, 0.2) is 72.8 Å². The molecule has 4 atom stereocenters. The third-order valence-corrected chi connectivity index (χ3v) is 14.8. The van der Waals surface area contributed by atoms with Gasteiger partial charge in [-0.05, 0) is 70.6 Å². The molecule has 3 amide bonds. The first-order valence-corrected chi connectivity index (χ1v) is 28.7. The number of carbonyl (C=O) groups excluding carboxylic acids is 5. The molecule has 4 unspecified atom stereocenters. The Kier molecular flexibility index (Phi) is 28.2. The van der Waals surface area contributed by atoms with Gasteiger partial charge in [0, 0.05) is 128 Å². The fourth-order valence-electron chi connectivity index (χ4n) is 9.84. The molecule has 0 radical (unpaired) electrons. The van der Waals surface area contributed by atoms with Crippen LogP contribution in [0.25, 0.3) is 0 Å². The number of ketones is 2. The number of hydrogen-bond donors (Lipinski definition) is 5. The summed E-state index contributed by atoms with van der Waals surface area (Å²) >= 11 is 0. The second-order valence-corrected chi connectivity index (χ2v) is 21.5. The number of unbranched alkanes of at least 4 members (excludes halogenated alkanes) is 6. The van der Waals surface area contributed by atoms with Crippen molar-refractivity contribution >= 4 is 86.2 Å². The highest BCUT2D eigenvalue weighted by atomic mass is 16.7. The van der Waals surface area contributed by atoms with Crippen molar-refractivity contribution in [2.75, 3.05) is 23.7 Å². The van der Waals surface area contributed by atoms with Gasteiger partial charge in [0.25, 0.3) is 45.5 Å². The Morgan fingerprint density at radius 1 is 0.444 bits per heavy atom. The number of nitrogens with zero attached hydrogens (tertiary/aromatic N) is 8. The van der Waals surface area contributed by atoms with Gasteiger partial charge < -0.3 is 27.0 Å². The molecule has 0 saturated carbocycles. The highest BCUT2D eigenvalue weighted by molar-refractivity contribution is 5.90. The van der Waals surface area contributed by atoms with Gasteiger partial charge in [0.05, 0.1) is 45.4 Å². The first-order chi connectivity index (χ1) is 42.6. The fourth-order valence-corrected chi connectivity index (χ4v) is 9.84. The van der Waals surface area contributed by atoms with Gasteiger partial charge in [-0.1, -0.05) is 46.0 Å². The third kappa shape index (κ3) is 22.6. The van der Waals surface area contributed by atoms with E-state index in [-0.39, 0.29) is 155 Å².